The number of furan rings is 3. The normalized spacial score (nSPS) is 12.3. The zero-order chi connectivity index (χ0) is 61.3. The van der Waals surface area contributed by atoms with Gasteiger partial charge in [-0.15, -0.1) is 11.3 Å². The second-order valence-corrected chi connectivity index (χ2v) is 25.4. The van der Waals surface area contributed by atoms with Crippen molar-refractivity contribution in [3.8, 4) is 34.4 Å². The molecule has 0 N–H and O–H groups in total. The van der Waals surface area contributed by atoms with E-state index in [9.17, 15) is 0 Å². The molecule has 0 radical (unpaired) electrons. The fourth-order valence-corrected chi connectivity index (χ4v) is 16.0. The summed E-state index contributed by atoms with van der Waals surface area (Å²) in [6, 6.07) is 98.2. The van der Waals surface area contributed by atoms with E-state index in [0.717, 1.165) is 115 Å². The van der Waals surface area contributed by atoms with E-state index in [4.69, 9.17) is 33.2 Å². The van der Waals surface area contributed by atoms with Gasteiger partial charge in [-0.2, -0.15) is 4.98 Å². The van der Waals surface area contributed by atoms with Gasteiger partial charge in [-0.25, -0.2) is 15.0 Å². The van der Waals surface area contributed by atoms with Gasteiger partial charge in [0.25, 0.3) is 0 Å². The Hall–Kier alpha value is -12.5. The Bertz CT molecular complexity index is 6600. The van der Waals surface area contributed by atoms with Crippen LogP contribution in [0.25, 0.3) is 207 Å². The molecule has 0 bridgehead atoms. The highest BCUT2D eigenvalue weighted by molar-refractivity contribution is 7.25. The number of aromatic nitrogens is 6. The molecule has 94 heavy (non-hydrogen) atoms. The van der Waals surface area contributed by atoms with Crippen molar-refractivity contribution in [1.82, 2.24) is 29.1 Å². The van der Waals surface area contributed by atoms with E-state index in [1.807, 2.05) is 66.7 Å². The van der Waals surface area contributed by atoms with Crippen LogP contribution in [0.15, 0.2) is 292 Å². The second kappa shape index (κ2) is 19.5. The van der Waals surface area contributed by atoms with Gasteiger partial charge in [0.05, 0.1) is 32.8 Å². The van der Waals surface area contributed by atoms with Crippen LogP contribution >= 0.6 is 11.3 Å². The first-order valence-electron chi connectivity index (χ1n) is 31.5. The first-order chi connectivity index (χ1) is 46.6. The summed E-state index contributed by atoms with van der Waals surface area (Å²) in [5, 5.41) is 22.9. The van der Waals surface area contributed by atoms with Gasteiger partial charge in [0.1, 0.15) is 32.7 Å². The van der Waals surface area contributed by atoms with Crippen molar-refractivity contribution >= 4 is 184 Å². The summed E-state index contributed by atoms with van der Waals surface area (Å²) in [6.45, 7) is 0. The van der Waals surface area contributed by atoms with Crippen molar-refractivity contribution in [2.24, 2.45) is 0 Å². The van der Waals surface area contributed by atoms with Crippen molar-refractivity contribution in [3.05, 3.63) is 279 Å². The van der Waals surface area contributed by atoms with Crippen LogP contribution in [0.1, 0.15) is 0 Å². The molecule has 22 aromatic rings. The van der Waals surface area contributed by atoms with Gasteiger partial charge in [-0.3, -0.25) is 9.13 Å². The summed E-state index contributed by atoms with van der Waals surface area (Å²) in [5.74, 6) is 2.97. The van der Waals surface area contributed by atoms with E-state index in [2.05, 4.69) is 221 Å². The van der Waals surface area contributed by atoms with Gasteiger partial charge >= 0.3 is 0 Å². The average molecular weight is 1220 g/mol. The standard InChI is InChI=1S/C42H23N3O2.C42H23N3OS/c1-2-11-26-23-34-32(21-25(26)10-1)38-28-12-4-3-9-24(28)17-19-33(38)45(34)41-39-30-14-6-8-16-36(30)47-42(39)44-40(43-41)27-18-20-37-31(22-27)29-13-5-7-15-35(29)46-37;1-2-11-26-23-34-32(21-25(26)10-1)38-28-12-4-3-9-24(28)17-19-33(38)45(34)41-39-30-14-6-8-16-37(30)47-42(39)44-40(43-41)27-18-20-36-31(22-27)29-13-5-7-15-35(29)46-36/h2*1-23H. The summed E-state index contributed by atoms with van der Waals surface area (Å²) < 4.78 is 24.7. The predicted octanol–water partition coefficient (Wildman–Crippen LogP) is 23.2. The zero-order valence-corrected chi connectivity index (χ0v) is 50.7. The Morgan fingerprint density at radius 3 is 1.21 bits per heavy atom. The van der Waals surface area contributed by atoms with E-state index in [0.29, 0.717) is 17.4 Å². The fourth-order valence-electron chi connectivity index (χ4n) is 14.9. The van der Waals surface area contributed by atoms with Crippen LogP contribution in [-0.4, -0.2) is 29.1 Å². The number of hydrogen-bond acceptors (Lipinski definition) is 8. The molecule has 0 aliphatic rings. The summed E-state index contributed by atoms with van der Waals surface area (Å²) in [5.41, 5.74) is 11.1. The lowest BCUT2D eigenvalue weighted by molar-refractivity contribution is 0.653. The lowest BCUT2D eigenvalue weighted by Gasteiger charge is -2.12. The molecule has 0 saturated heterocycles. The highest BCUT2D eigenvalue weighted by Crippen LogP contribution is 2.46. The number of nitrogens with zero attached hydrogens (tertiary/aromatic N) is 6. The van der Waals surface area contributed by atoms with Crippen molar-refractivity contribution in [1.29, 1.82) is 0 Å². The third-order valence-corrected chi connectivity index (χ3v) is 20.2. The summed E-state index contributed by atoms with van der Waals surface area (Å²) in [7, 11) is 0. The molecule has 0 amide bonds. The maximum absolute atomic E-state index is 6.48. The maximum Gasteiger partial charge on any atom is 0.233 e. The highest BCUT2D eigenvalue weighted by Gasteiger charge is 2.26. The van der Waals surface area contributed by atoms with Crippen LogP contribution < -0.4 is 0 Å². The summed E-state index contributed by atoms with van der Waals surface area (Å²) in [6.07, 6.45) is 0. The van der Waals surface area contributed by atoms with Gasteiger partial charge in [0.15, 0.2) is 23.3 Å². The summed E-state index contributed by atoms with van der Waals surface area (Å²) in [4.78, 5) is 22.2. The Labute approximate surface area is 536 Å². The van der Waals surface area contributed by atoms with Crippen LogP contribution in [0, 0.1) is 0 Å². The van der Waals surface area contributed by atoms with Crippen molar-refractivity contribution < 1.29 is 13.3 Å². The number of thiophene rings is 1. The first kappa shape index (κ1) is 51.3. The van der Waals surface area contributed by atoms with E-state index in [-0.39, 0.29) is 0 Å². The molecule has 14 aromatic carbocycles. The van der Waals surface area contributed by atoms with Crippen molar-refractivity contribution in [2.75, 3.05) is 0 Å². The number of hydrogen-bond donors (Lipinski definition) is 0. The summed E-state index contributed by atoms with van der Waals surface area (Å²) >= 11 is 1.72. The topological polar surface area (TPSA) is 101 Å². The minimum absolute atomic E-state index is 0.555. The number of para-hydroxylation sites is 3. The van der Waals surface area contributed by atoms with Crippen LogP contribution in [0.2, 0.25) is 0 Å². The maximum atomic E-state index is 6.48. The molecule has 22 rings (SSSR count). The van der Waals surface area contributed by atoms with E-state index >= 15 is 0 Å². The van der Waals surface area contributed by atoms with Gasteiger partial charge in [-0.1, -0.05) is 182 Å². The van der Waals surface area contributed by atoms with E-state index in [1.165, 1.54) is 74.7 Å². The first-order valence-corrected chi connectivity index (χ1v) is 32.3. The molecule has 436 valence electrons. The SMILES string of the molecule is c1ccc2cc3c(cc2c1)c1c2ccccc2ccc1n3-c1nc(-c2ccc3oc4ccccc4c3c2)nc2oc3ccccc3c12.c1ccc2cc3c(cc2c1)c1c2ccccc2ccc1n3-c1nc(-c2ccc3oc4ccccc4c3c2)nc2sc3ccccc3c12. The third kappa shape index (κ3) is 7.50. The van der Waals surface area contributed by atoms with Crippen LogP contribution in [-0.2, 0) is 0 Å². The Kier molecular flexibility index (Phi) is 10.6. The van der Waals surface area contributed by atoms with Crippen molar-refractivity contribution in [3.63, 3.8) is 0 Å². The largest absolute Gasteiger partial charge is 0.456 e. The van der Waals surface area contributed by atoms with Gasteiger partial charge in [0.2, 0.25) is 5.71 Å². The molecular formula is C84H46N6O3S. The molecule has 9 nitrogen and oxygen atoms in total. The molecule has 0 saturated carbocycles. The Morgan fingerprint density at radius 2 is 0.670 bits per heavy atom. The van der Waals surface area contributed by atoms with Crippen molar-refractivity contribution in [2.45, 2.75) is 0 Å². The number of benzene rings is 14. The van der Waals surface area contributed by atoms with E-state index in [1.54, 1.807) is 11.3 Å². The van der Waals surface area contributed by atoms with Gasteiger partial charge < -0.3 is 13.3 Å². The third-order valence-electron chi connectivity index (χ3n) is 19.2. The fraction of sp³-hybridized carbons (Fsp3) is 0. The molecule has 0 unspecified atom stereocenters. The molecule has 0 aliphatic carbocycles. The lowest BCUT2D eigenvalue weighted by atomic mass is 10.0. The number of rotatable bonds is 4. The van der Waals surface area contributed by atoms with Gasteiger partial charge in [0, 0.05) is 69.7 Å². The minimum Gasteiger partial charge on any atom is -0.456 e. The van der Waals surface area contributed by atoms with Gasteiger partial charge in [-0.05, 0) is 140 Å². The molecule has 0 spiro atoms. The quantitative estimate of drug-likeness (QED) is 0.173. The second-order valence-electron chi connectivity index (χ2n) is 24.4. The molecule has 0 fully saturated rings. The lowest BCUT2D eigenvalue weighted by Crippen LogP contribution is -2.02. The molecule has 8 aromatic heterocycles. The molecular weight excluding hydrogens is 1170 g/mol. The number of fused-ring (bicyclic) bond motifs is 24. The van der Waals surface area contributed by atoms with Crippen LogP contribution in [0.3, 0.4) is 0 Å². The van der Waals surface area contributed by atoms with Crippen LogP contribution in [0.5, 0.6) is 0 Å². The Balaban J connectivity index is 0.000000126. The molecule has 8 heterocycles. The minimum atomic E-state index is 0.555. The van der Waals surface area contributed by atoms with Crippen LogP contribution in [0.4, 0.5) is 0 Å². The molecule has 0 aliphatic heterocycles. The van der Waals surface area contributed by atoms with E-state index < -0.39 is 0 Å². The average Bonchev–Trinajstić information content (AvgIpc) is 1.56. The molecule has 0 atom stereocenters. The highest BCUT2D eigenvalue weighted by atomic mass is 32.1. The zero-order valence-electron chi connectivity index (χ0n) is 49.9. The monoisotopic (exact) mass is 1220 g/mol. The Morgan fingerprint density at radius 1 is 0.255 bits per heavy atom. The predicted molar refractivity (Wildman–Crippen MR) is 388 cm³/mol. The molecule has 10 heteroatoms. The smallest absolute Gasteiger partial charge is 0.233 e.